The molecule has 2 fully saturated rings. The van der Waals surface area contributed by atoms with E-state index in [1.807, 2.05) is 13.8 Å². The third kappa shape index (κ3) is 11.1. The summed E-state index contributed by atoms with van der Waals surface area (Å²) in [5.41, 5.74) is -0.811. The summed E-state index contributed by atoms with van der Waals surface area (Å²) >= 11 is 0. The van der Waals surface area contributed by atoms with Gasteiger partial charge in [0.05, 0.1) is 12.3 Å². The van der Waals surface area contributed by atoms with Crippen molar-refractivity contribution in [3.63, 3.8) is 0 Å². The minimum Gasteiger partial charge on any atom is -0.481 e. The van der Waals surface area contributed by atoms with Gasteiger partial charge in [-0.25, -0.2) is 9.59 Å². The molecule has 266 valence electrons. The molecule has 2 aliphatic heterocycles. The second-order valence-corrected chi connectivity index (χ2v) is 14.0. The Balaban J connectivity index is 2.45. The Morgan fingerprint density at radius 1 is 0.830 bits per heavy atom. The molecular weight excluding hydrogens is 612 g/mol. The van der Waals surface area contributed by atoms with Crippen LogP contribution in [0.2, 0.25) is 0 Å². The summed E-state index contributed by atoms with van der Waals surface area (Å²) in [5, 5.41) is 29.5. The molecule has 15 heteroatoms. The molecule has 0 aliphatic carbocycles. The van der Waals surface area contributed by atoms with Crippen LogP contribution in [0.1, 0.15) is 93.4 Å². The number of carbonyl (C=O) groups excluding carboxylic acids is 5. The van der Waals surface area contributed by atoms with Crippen molar-refractivity contribution >= 4 is 41.6 Å². The Morgan fingerprint density at radius 2 is 1.43 bits per heavy atom. The molecule has 47 heavy (non-hydrogen) atoms. The maximum atomic E-state index is 14.2. The summed E-state index contributed by atoms with van der Waals surface area (Å²) in [7, 11) is 0. The number of nitrogens with one attached hydrogen (secondary N) is 4. The average molecular weight is 667 g/mol. The lowest BCUT2D eigenvalue weighted by Crippen LogP contribution is -2.62. The second-order valence-electron chi connectivity index (χ2n) is 14.0. The predicted octanol–water partition coefficient (Wildman–Crippen LogP) is 1.30. The Hall–Kier alpha value is -3.91. The van der Waals surface area contributed by atoms with Crippen molar-refractivity contribution in [1.29, 1.82) is 0 Å². The van der Waals surface area contributed by atoms with E-state index in [0.717, 1.165) is 12.8 Å². The lowest BCUT2D eigenvalue weighted by Gasteiger charge is -2.37. The first-order valence-electron chi connectivity index (χ1n) is 16.6. The Morgan fingerprint density at radius 3 is 1.91 bits per heavy atom. The topological polar surface area (TPSA) is 215 Å². The number of amides is 6. The number of carbonyl (C=O) groups is 7. The van der Waals surface area contributed by atoms with Gasteiger partial charge in [-0.15, -0.1) is 0 Å². The summed E-state index contributed by atoms with van der Waals surface area (Å²) in [4.78, 5) is 94.5. The maximum absolute atomic E-state index is 14.2. The quantitative estimate of drug-likeness (QED) is 0.148. The Kier molecular flexibility index (Phi) is 14.5. The van der Waals surface area contributed by atoms with Crippen molar-refractivity contribution in [2.45, 2.75) is 124 Å². The smallest absolute Gasteiger partial charge is 0.326 e. The largest absolute Gasteiger partial charge is 0.481 e. The zero-order valence-corrected chi connectivity index (χ0v) is 28.8. The molecule has 2 rings (SSSR count). The van der Waals surface area contributed by atoms with Gasteiger partial charge in [0.2, 0.25) is 23.6 Å². The molecule has 0 saturated carbocycles. The first-order valence-corrected chi connectivity index (χ1v) is 16.6. The van der Waals surface area contributed by atoms with Crippen LogP contribution in [0.5, 0.6) is 0 Å². The number of aliphatic carboxylic acids is 2. The first-order chi connectivity index (χ1) is 21.9. The number of rotatable bonds is 15. The Labute approximate surface area is 276 Å². The molecule has 0 aromatic rings. The number of nitrogens with zero attached hydrogens (tertiary/aromatic N) is 2. The van der Waals surface area contributed by atoms with Crippen molar-refractivity contribution in [3.8, 4) is 0 Å². The minimum absolute atomic E-state index is 0.00879. The maximum Gasteiger partial charge on any atom is 0.326 e. The normalized spacial score (nSPS) is 20.0. The highest BCUT2D eigenvalue weighted by atomic mass is 16.4. The van der Waals surface area contributed by atoms with Crippen LogP contribution in [0.3, 0.4) is 0 Å². The van der Waals surface area contributed by atoms with Gasteiger partial charge in [-0.3, -0.25) is 24.0 Å². The fraction of sp³-hybridized carbons (Fsp3) is 0.781. The zero-order valence-electron chi connectivity index (χ0n) is 28.8. The highest BCUT2D eigenvalue weighted by molar-refractivity contribution is 5.99. The number of hydrogen-bond acceptors (Lipinski definition) is 7. The van der Waals surface area contributed by atoms with Crippen LogP contribution >= 0.6 is 0 Å². The molecule has 15 nitrogen and oxygen atoms in total. The van der Waals surface area contributed by atoms with Gasteiger partial charge in [-0.2, -0.15) is 0 Å². The van der Waals surface area contributed by atoms with Gasteiger partial charge < -0.3 is 41.3 Å². The second kappa shape index (κ2) is 17.3. The van der Waals surface area contributed by atoms with E-state index in [-0.39, 0.29) is 37.3 Å². The summed E-state index contributed by atoms with van der Waals surface area (Å²) in [6.07, 6.45) is 2.30. The van der Waals surface area contributed by atoms with Gasteiger partial charge in [-0.05, 0) is 49.9 Å². The molecule has 6 N–H and O–H groups in total. The molecule has 0 radical (unpaired) electrons. The van der Waals surface area contributed by atoms with Gasteiger partial charge in [0, 0.05) is 25.7 Å². The predicted molar refractivity (Wildman–Crippen MR) is 172 cm³/mol. The third-order valence-electron chi connectivity index (χ3n) is 8.73. The van der Waals surface area contributed by atoms with Crippen LogP contribution in [0.25, 0.3) is 0 Å². The Bertz CT molecular complexity index is 1160. The van der Waals surface area contributed by atoms with E-state index in [2.05, 4.69) is 21.3 Å². The van der Waals surface area contributed by atoms with Gasteiger partial charge in [0.1, 0.15) is 24.2 Å². The number of hydrogen-bond donors (Lipinski definition) is 6. The zero-order chi connectivity index (χ0) is 35.6. The number of urea groups is 1. The lowest BCUT2D eigenvalue weighted by molar-refractivity contribution is -0.148. The lowest BCUT2D eigenvalue weighted by atomic mass is 9.85. The van der Waals surface area contributed by atoms with Gasteiger partial charge in [0.25, 0.3) is 0 Å². The monoisotopic (exact) mass is 666 g/mol. The van der Waals surface area contributed by atoms with Crippen LogP contribution in [-0.2, 0) is 28.8 Å². The van der Waals surface area contributed by atoms with E-state index in [4.69, 9.17) is 0 Å². The molecule has 0 spiro atoms. The van der Waals surface area contributed by atoms with E-state index in [1.165, 1.54) is 4.90 Å². The van der Waals surface area contributed by atoms with Crippen LogP contribution in [-0.4, -0.2) is 111 Å². The molecule has 5 atom stereocenters. The van der Waals surface area contributed by atoms with Crippen molar-refractivity contribution < 1.29 is 43.8 Å². The molecule has 0 aromatic carbocycles. The van der Waals surface area contributed by atoms with Crippen LogP contribution < -0.4 is 21.3 Å². The van der Waals surface area contributed by atoms with Gasteiger partial charge in [0.15, 0.2) is 0 Å². The molecule has 2 aliphatic rings. The number of likely N-dealkylation sites (tertiary alicyclic amines) is 2. The summed E-state index contributed by atoms with van der Waals surface area (Å²) in [6.45, 7) is 13.7. The number of carboxylic acid groups (broad SMARTS) is 2. The van der Waals surface area contributed by atoms with Crippen LogP contribution in [0.4, 0.5) is 4.79 Å². The van der Waals surface area contributed by atoms with Crippen LogP contribution in [0.15, 0.2) is 0 Å². The average Bonchev–Trinajstić information content (AvgIpc) is 3.67. The highest BCUT2D eigenvalue weighted by Crippen LogP contribution is 2.31. The van der Waals surface area contributed by atoms with Crippen LogP contribution in [0, 0.1) is 17.3 Å². The number of carboxylic acids is 2. The summed E-state index contributed by atoms with van der Waals surface area (Å²) in [5.74, 6) is -6.68. The molecule has 6 amide bonds. The summed E-state index contributed by atoms with van der Waals surface area (Å²) < 4.78 is 0. The van der Waals surface area contributed by atoms with Gasteiger partial charge in [-0.1, -0.05) is 48.5 Å². The van der Waals surface area contributed by atoms with E-state index < -0.39 is 77.6 Å². The molecular formula is C32H54N6O9. The fourth-order valence-corrected chi connectivity index (χ4v) is 6.07. The standard InChI is InChI=1S/C32H54N6O9/c1-8-19(9-2)33-31(47)36-25(32(5,6)7)29(44)38-15-12-20(28(43)37-13-10-11-14-37)24(38)27(42)34-21(17-23(39)40)26(41)35-22(30(45)46)16-18(3)4/h18-22,24-25H,8-17H2,1-7H3,(H,34,42)(H,35,41)(H,39,40)(H,45,46)(H2,33,36,47)/t20?,21-,22-,24-,25+/m0/s1. The summed E-state index contributed by atoms with van der Waals surface area (Å²) in [6, 6.07) is -6.18. The molecule has 2 saturated heterocycles. The van der Waals surface area contributed by atoms with E-state index in [0.29, 0.717) is 25.9 Å². The highest BCUT2D eigenvalue weighted by Gasteiger charge is 2.50. The molecule has 0 bridgehead atoms. The fourth-order valence-electron chi connectivity index (χ4n) is 6.07. The minimum atomic E-state index is -1.68. The van der Waals surface area contributed by atoms with Crippen molar-refractivity contribution in [3.05, 3.63) is 0 Å². The van der Waals surface area contributed by atoms with Crippen molar-refractivity contribution in [2.24, 2.45) is 17.3 Å². The van der Waals surface area contributed by atoms with Gasteiger partial charge >= 0.3 is 18.0 Å². The molecule has 0 aromatic heterocycles. The first kappa shape index (κ1) is 39.3. The van der Waals surface area contributed by atoms with E-state index in [9.17, 15) is 43.8 Å². The third-order valence-corrected chi connectivity index (χ3v) is 8.73. The van der Waals surface area contributed by atoms with E-state index in [1.54, 1.807) is 39.5 Å². The van der Waals surface area contributed by atoms with E-state index >= 15 is 0 Å². The van der Waals surface area contributed by atoms with Crippen molar-refractivity contribution in [1.82, 2.24) is 31.1 Å². The molecule has 1 unspecified atom stereocenters. The molecule has 2 heterocycles. The SMILES string of the molecule is CCC(CC)NC(=O)N[C@H](C(=O)N1CCC(C(=O)N2CCCC2)[C@H]1C(=O)N[C@@H](CC(=O)O)C(=O)N[C@@H](CC(C)C)C(=O)O)C(C)(C)C. The van der Waals surface area contributed by atoms with Crippen molar-refractivity contribution in [2.75, 3.05) is 19.6 Å².